The monoisotopic (exact) mass is 333 g/mol. The molecule has 1 heterocycles. The van der Waals surface area contributed by atoms with Crippen molar-refractivity contribution in [3.63, 3.8) is 0 Å². The minimum absolute atomic E-state index is 0.0327. The fourth-order valence-electron chi connectivity index (χ4n) is 3.08. The average molecular weight is 333 g/mol. The second kappa shape index (κ2) is 8.06. The molecule has 1 saturated heterocycles. The summed E-state index contributed by atoms with van der Waals surface area (Å²) in [5, 5.41) is 2.88. The van der Waals surface area contributed by atoms with Crippen LogP contribution in [0.25, 0.3) is 0 Å². The van der Waals surface area contributed by atoms with E-state index in [0.29, 0.717) is 11.3 Å². The number of piperidine rings is 1. The van der Waals surface area contributed by atoms with E-state index in [4.69, 9.17) is 4.74 Å². The van der Waals surface area contributed by atoms with Crippen molar-refractivity contribution >= 4 is 23.3 Å². The van der Waals surface area contributed by atoms with Crippen molar-refractivity contribution in [2.45, 2.75) is 32.7 Å². The maximum absolute atomic E-state index is 12.5. The molecule has 1 atom stereocenters. The molecule has 1 amide bonds. The molecule has 0 radical (unpaired) electrons. The first-order valence-electron chi connectivity index (χ1n) is 8.26. The van der Waals surface area contributed by atoms with Crippen LogP contribution >= 0.6 is 0 Å². The summed E-state index contributed by atoms with van der Waals surface area (Å²) in [6, 6.07) is 6.72. The Hall–Kier alpha value is -2.21. The van der Waals surface area contributed by atoms with Gasteiger partial charge in [-0.15, -0.1) is 0 Å². The van der Waals surface area contributed by atoms with E-state index in [1.165, 1.54) is 14.0 Å². The molecule has 0 aromatic heterocycles. The van der Waals surface area contributed by atoms with Crippen LogP contribution in [0, 0.1) is 5.92 Å². The van der Waals surface area contributed by atoms with Crippen LogP contribution in [-0.4, -0.2) is 43.9 Å². The Bertz CT molecular complexity index is 621. The van der Waals surface area contributed by atoms with E-state index in [1.807, 2.05) is 6.92 Å². The lowest BCUT2D eigenvalue weighted by Gasteiger charge is -2.31. The molecule has 6 heteroatoms. The standard InChI is InChI=1S/C18H24N2O4/c1-12(20-9-7-14(8-10-20)18(23)24-3)17(22)19-16-6-4-5-15(11-16)13(2)21/h4-6,11-12,14H,7-10H2,1-3H3,(H,19,22)/p+1/t12-/m1/s1. The van der Waals surface area contributed by atoms with Gasteiger partial charge in [-0.25, -0.2) is 0 Å². The van der Waals surface area contributed by atoms with E-state index in [9.17, 15) is 14.4 Å². The van der Waals surface area contributed by atoms with Crippen LogP contribution in [0.3, 0.4) is 0 Å². The van der Waals surface area contributed by atoms with Crippen molar-refractivity contribution in [1.82, 2.24) is 0 Å². The molecule has 0 saturated carbocycles. The zero-order chi connectivity index (χ0) is 17.7. The van der Waals surface area contributed by atoms with Crippen LogP contribution in [-0.2, 0) is 14.3 Å². The van der Waals surface area contributed by atoms with Gasteiger partial charge in [0, 0.05) is 24.1 Å². The largest absolute Gasteiger partial charge is 0.469 e. The molecular weight excluding hydrogens is 308 g/mol. The Morgan fingerprint density at radius 2 is 1.92 bits per heavy atom. The number of ketones is 1. The van der Waals surface area contributed by atoms with Gasteiger partial charge in [0.25, 0.3) is 5.91 Å². The summed E-state index contributed by atoms with van der Waals surface area (Å²) in [4.78, 5) is 36.6. The summed E-state index contributed by atoms with van der Waals surface area (Å²) in [6.07, 6.45) is 1.47. The number of hydrogen-bond acceptors (Lipinski definition) is 4. The highest BCUT2D eigenvalue weighted by atomic mass is 16.5. The third-order valence-electron chi connectivity index (χ3n) is 4.70. The van der Waals surface area contributed by atoms with Gasteiger partial charge in [-0.3, -0.25) is 14.4 Å². The van der Waals surface area contributed by atoms with Gasteiger partial charge in [-0.2, -0.15) is 0 Å². The van der Waals surface area contributed by atoms with Crippen molar-refractivity contribution in [1.29, 1.82) is 0 Å². The predicted molar refractivity (Wildman–Crippen MR) is 90.0 cm³/mol. The first-order valence-corrected chi connectivity index (χ1v) is 8.26. The van der Waals surface area contributed by atoms with Gasteiger partial charge in [0.1, 0.15) is 0 Å². The maximum Gasteiger partial charge on any atom is 0.309 e. The molecule has 0 bridgehead atoms. The van der Waals surface area contributed by atoms with Crippen LogP contribution in [0.5, 0.6) is 0 Å². The number of Topliss-reactive ketones (excluding diaryl/α,β-unsaturated/α-hetero) is 1. The number of benzene rings is 1. The first-order chi connectivity index (χ1) is 11.4. The minimum Gasteiger partial charge on any atom is -0.469 e. The number of carbonyl (C=O) groups is 3. The maximum atomic E-state index is 12.5. The second-order valence-corrected chi connectivity index (χ2v) is 6.30. The summed E-state index contributed by atoms with van der Waals surface area (Å²) in [6.45, 7) is 4.92. The normalized spacial score (nSPS) is 21.6. The quantitative estimate of drug-likeness (QED) is 0.614. The first kappa shape index (κ1) is 18.1. The molecular formula is C18H25N2O4+. The molecule has 1 aliphatic rings. The van der Waals surface area contributed by atoms with E-state index in [2.05, 4.69) is 5.32 Å². The fraction of sp³-hybridized carbons (Fsp3) is 0.500. The highest BCUT2D eigenvalue weighted by molar-refractivity contribution is 5.97. The van der Waals surface area contributed by atoms with Crippen LogP contribution in [0.4, 0.5) is 5.69 Å². The number of rotatable bonds is 5. The summed E-state index contributed by atoms with van der Waals surface area (Å²) >= 11 is 0. The summed E-state index contributed by atoms with van der Waals surface area (Å²) < 4.78 is 4.79. The average Bonchev–Trinajstić information content (AvgIpc) is 2.60. The van der Waals surface area contributed by atoms with Crippen molar-refractivity contribution in [3.05, 3.63) is 29.8 Å². The lowest BCUT2D eigenvalue weighted by Crippen LogP contribution is -3.17. The van der Waals surface area contributed by atoms with E-state index >= 15 is 0 Å². The number of amides is 1. The SMILES string of the molecule is COC(=O)C1CC[NH+]([C@H](C)C(=O)Nc2cccc(C(C)=O)c2)CC1. The molecule has 24 heavy (non-hydrogen) atoms. The number of carbonyl (C=O) groups excluding carboxylic acids is 3. The highest BCUT2D eigenvalue weighted by Gasteiger charge is 2.33. The minimum atomic E-state index is -0.218. The van der Waals surface area contributed by atoms with Crippen molar-refractivity contribution < 1.29 is 24.0 Å². The van der Waals surface area contributed by atoms with Crippen molar-refractivity contribution in [2.24, 2.45) is 5.92 Å². The highest BCUT2D eigenvalue weighted by Crippen LogP contribution is 2.13. The molecule has 1 aromatic rings. The van der Waals surface area contributed by atoms with E-state index in [-0.39, 0.29) is 29.6 Å². The fourth-order valence-corrected chi connectivity index (χ4v) is 3.08. The number of nitrogens with one attached hydrogen (secondary N) is 2. The number of hydrogen-bond donors (Lipinski definition) is 2. The van der Waals surface area contributed by atoms with Crippen LogP contribution in [0.15, 0.2) is 24.3 Å². The summed E-state index contributed by atoms with van der Waals surface area (Å²) in [5.41, 5.74) is 1.20. The van der Waals surface area contributed by atoms with Crippen LogP contribution in [0.1, 0.15) is 37.0 Å². The molecule has 2 rings (SSSR count). The number of quaternary nitrogens is 1. The van der Waals surface area contributed by atoms with Crippen molar-refractivity contribution in [3.8, 4) is 0 Å². The van der Waals surface area contributed by atoms with E-state index < -0.39 is 0 Å². The van der Waals surface area contributed by atoms with Gasteiger partial charge < -0.3 is 15.0 Å². The van der Waals surface area contributed by atoms with Crippen molar-refractivity contribution in [2.75, 3.05) is 25.5 Å². The van der Waals surface area contributed by atoms with E-state index in [1.54, 1.807) is 24.3 Å². The van der Waals surface area contributed by atoms with Crippen LogP contribution < -0.4 is 10.2 Å². The Morgan fingerprint density at radius 3 is 2.50 bits per heavy atom. The number of likely N-dealkylation sites (tertiary alicyclic amines) is 1. The molecule has 0 spiro atoms. The molecule has 6 nitrogen and oxygen atoms in total. The predicted octanol–water partition coefficient (Wildman–Crippen LogP) is 0.684. The Morgan fingerprint density at radius 1 is 1.25 bits per heavy atom. The zero-order valence-electron chi connectivity index (χ0n) is 14.4. The van der Waals surface area contributed by atoms with Gasteiger partial charge in [-0.05, 0) is 26.0 Å². The number of esters is 1. The zero-order valence-corrected chi connectivity index (χ0v) is 14.4. The van der Waals surface area contributed by atoms with Gasteiger partial charge in [0.15, 0.2) is 11.8 Å². The van der Waals surface area contributed by atoms with Gasteiger partial charge in [0.05, 0.1) is 26.1 Å². The number of ether oxygens (including phenoxy) is 1. The Balaban J connectivity index is 1.92. The van der Waals surface area contributed by atoms with Gasteiger partial charge in [0.2, 0.25) is 0 Å². The molecule has 2 N–H and O–H groups in total. The smallest absolute Gasteiger partial charge is 0.309 e. The Kier molecular flexibility index (Phi) is 6.09. The lowest BCUT2D eigenvalue weighted by molar-refractivity contribution is -0.919. The molecule has 1 fully saturated rings. The van der Waals surface area contributed by atoms with Gasteiger partial charge in [-0.1, -0.05) is 12.1 Å². The molecule has 130 valence electrons. The second-order valence-electron chi connectivity index (χ2n) is 6.30. The third-order valence-corrected chi connectivity index (χ3v) is 4.70. The molecule has 0 unspecified atom stereocenters. The summed E-state index contributed by atoms with van der Waals surface area (Å²) in [5.74, 6) is -0.328. The van der Waals surface area contributed by atoms with Gasteiger partial charge >= 0.3 is 5.97 Å². The molecule has 1 aromatic carbocycles. The number of methoxy groups -OCH3 is 1. The summed E-state index contributed by atoms with van der Waals surface area (Å²) in [7, 11) is 1.41. The molecule has 1 aliphatic heterocycles. The van der Waals surface area contributed by atoms with E-state index in [0.717, 1.165) is 30.8 Å². The lowest BCUT2D eigenvalue weighted by atomic mass is 9.96. The topological polar surface area (TPSA) is 76.9 Å². The molecule has 0 aliphatic carbocycles. The number of anilines is 1. The Labute approximate surface area is 142 Å². The third kappa shape index (κ3) is 4.41. The van der Waals surface area contributed by atoms with Crippen LogP contribution in [0.2, 0.25) is 0 Å².